The molecule has 6 heteroatoms. The second kappa shape index (κ2) is 6.22. The monoisotopic (exact) mass is 287 g/mol. The summed E-state index contributed by atoms with van der Waals surface area (Å²) in [6, 6.07) is 5.27. The smallest absolute Gasteiger partial charge is 0.203 e. The number of hydrogen-bond donors (Lipinski definition) is 1. The first-order valence-corrected chi connectivity index (χ1v) is 7.26. The lowest BCUT2D eigenvalue weighted by Crippen LogP contribution is -2.36. The maximum Gasteiger partial charge on any atom is 0.203 e. The summed E-state index contributed by atoms with van der Waals surface area (Å²) < 4.78 is 13.7. The Morgan fingerprint density at radius 3 is 2.67 bits per heavy atom. The molecule has 21 heavy (non-hydrogen) atoms. The molecule has 1 N–H and O–H groups in total. The largest absolute Gasteiger partial charge is 0.310 e. The van der Waals surface area contributed by atoms with Gasteiger partial charge in [0.2, 0.25) is 5.82 Å². The van der Waals surface area contributed by atoms with Gasteiger partial charge in [0.05, 0.1) is 0 Å². The van der Waals surface area contributed by atoms with Crippen molar-refractivity contribution in [1.29, 1.82) is 0 Å². The average molecular weight is 287 g/mol. The van der Waals surface area contributed by atoms with Gasteiger partial charge in [-0.1, -0.05) is 6.42 Å². The van der Waals surface area contributed by atoms with Crippen LogP contribution in [0.3, 0.4) is 0 Å². The highest BCUT2D eigenvalue weighted by atomic mass is 19.1. The lowest BCUT2D eigenvalue weighted by Gasteiger charge is -2.32. The molecule has 1 heterocycles. The summed E-state index contributed by atoms with van der Waals surface area (Å²) in [4.78, 5) is 0. The summed E-state index contributed by atoms with van der Waals surface area (Å²) in [5, 5.41) is 18.6. The van der Waals surface area contributed by atoms with Crippen LogP contribution in [0.1, 0.15) is 31.7 Å². The van der Waals surface area contributed by atoms with Gasteiger partial charge in [0.25, 0.3) is 0 Å². The van der Waals surface area contributed by atoms with Crippen molar-refractivity contribution in [1.82, 2.24) is 25.7 Å². The van der Waals surface area contributed by atoms with Crippen LogP contribution in [0.5, 0.6) is 0 Å². The van der Waals surface area contributed by atoms with Gasteiger partial charge in [0.15, 0.2) is 6.33 Å². The summed E-state index contributed by atoms with van der Waals surface area (Å²) in [5.41, 5.74) is 1.48. The third-order valence-corrected chi connectivity index (χ3v) is 4.11. The Bertz CT molecular complexity index is 600. The Morgan fingerprint density at radius 1 is 1.24 bits per heavy atom. The van der Waals surface area contributed by atoms with Gasteiger partial charge in [-0.2, -0.15) is 0 Å². The van der Waals surface area contributed by atoms with Gasteiger partial charge in [-0.3, -0.25) is 0 Å². The van der Waals surface area contributed by atoms with Crippen molar-refractivity contribution in [2.24, 2.45) is 5.92 Å². The van der Waals surface area contributed by atoms with Gasteiger partial charge in [0, 0.05) is 18.2 Å². The molecule has 1 fully saturated rings. The predicted molar refractivity (Wildman–Crippen MR) is 76.7 cm³/mol. The third-order valence-electron chi connectivity index (χ3n) is 4.11. The lowest BCUT2D eigenvalue weighted by atomic mass is 9.80. The van der Waals surface area contributed by atoms with Crippen molar-refractivity contribution in [3.05, 3.63) is 35.9 Å². The second-order valence-electron chi connectivity index (χ2n) is 5.58. The zero-order valence-corrected chi connectivity index (χ0v) is 12.0. The second-order valence-corrected chi connectivity index (χ2v) is 5.58. The maximum absolute atomic E-state index is 13.7. The molecule has 1 atom stereocenters. The number of rotatable bonds is 5. The Hall–Kier alpha value is -1.95. The zero-order valence-electron chi connectivity index (χ0n) is 12.0. The number of aromatic nitrogens is 4. The molecule has 0 amide bonds. The highest BCUT2D eigenvalue weighted by Crippen LogP contribution is 2.29. The maximum atomic E-state index is 13.7. The minimum atomic E-state index is -0.298. The molecule has 1 saturated carbocycles. The fraction of sp³-hybridized carbons (Fsp3) is 0.467. The Labute approximate surface area is 123 Å². The molecular weight excluding hydrogens is 269 g/mol. The molecular formula is C15H18FN5. The molecule has 2 aromatic rings. The van der Waals surface area contributed by atoms with E-state index in [1.54, 1.807) is 0 Å². The van der Waals surface area contributed by atoms with E-state index in [1.807, 2.05) is 6.07 Å². The minimum Gasteiger partial charge on any atom is -0.310 e. The number of halogens is 1. The van der Waals surface area contributed by atoms with Gasteiger partial charge in [-0.05, 0) is 49.4 Å². The molecule has 3 rings (SSSR count). The Kier molecular flexibility index (Phi) is 4.15. The van der Waals surface area contributed by atoms with Crippen LogP contribution in [0.2, 0.25) is 0 Å². The van der Waals surface area contributed by atoms with E-state index in [0.29, 0.717) is 24.0 Å². The highest BCUT2D eigenvalue weighted by Gasteiger charge is 2.23. The SMILES string of the molecule is CC(NCc1cc(F)cc(-c2nncnn2)c1)C1CCC1. The van der Waals surface area contributed by atoms with E-state index in [2.05, 4.69) is 32.6 Å². The molecule has 1 aromatic heterocycles. The molecule has 0 radical (unpaired) electrons. The van der Waals surface area contributed by atoms with Gasteiger partial charge in [-0.25, -0.2) is 4.39 Å². The van der Waals surface area contributed by atoms with E-state index in [1.165, 1.54) is 37.7 Å². The molecule has 1 aliphatic rings. The topological polar surface area (TPSA) is 63.6 Å². The number of nitrogens with one attached hydrogen (secondary N) is 1. The summed E-state index contributed by atoms with van der Waals surface area (Å²) in [6.07, 6.45) is 5.16. The molecule has 5 nitrogen and oxygen atoms in total. The third kappa shape index (κ3) is 3.39. The van der Waals surface area contributed by atoms with Crippen LogP contribution in [0.4, 0.5) is 4.39 Å². The fourth-order valence-corrected chi connectivity index (χ4v) is 2.59. The molecule has 0 bridgehead atoms. The first-order valence-electron chi connectivity index (χ1n) is 7.26. The van der Waals surface area contributed by atoms with Crippen molar-refractivity contribution < 1.29 is 4.39 Å². The van der Waals surface area contributed by atoms with Crippen LogP contribution >= 0.6 is 0 Å². The molecule has 0 aliphatic heterocycles. The quantitative estimate of drug-likeness (QED) is 0.914. The number of hydrogen-bond acceptors (Lipinski definition) is 5. The van der Waals surface area contributed by atoms with Gasteiger partial charge in [0.1, 0.15) is 5.82 Å². The summed E-state index contributed by atoms with van der Waals surface area (Å²) in [6.45, 7) is 2.83. The van der Waals surface area contributed by atoms with Crippen molar-refractivity contribution in [3.8, 4) is 11.4 Å². The molecule has 110 valence electrons. The Balaban J connectivity index is 1.72. The molecule has 1 aromatic carbocycles. The van der Waals surface area contributed by atoms with Crippen LogP contribution in [0.25, 0.3) is 11.4 Å². The standard InChI is InChI=1S/C15H18FN5/c1-10(12-3-2-4-12)17-8-11-5-13(7-14(16)6-11)15-20-18-9-19-21-15/h5-7,9-10,12,17H,2-4,8H2,1H3. The first-order chi connectivity index (χ1) is 10.2. The summed E-state index contributed by atoms with van der Waals surface area (Å²) >= 11 is 0. The normalized spacial score (nSPS) is 16.5. The van der Waals surface area contributed by atoms with Crippen LogP contribution in [0, 0.1) is 11.7 Å². The van der Waals surface area contributed by atoms with E-state index < -0.39 is 0 Å². The van der Waals surface area contributed by atoms with Crippen LogP contribution in [0.15, 0.2) is 24.5 Å². The highest BCUT2D eigenvalue weighted by molar-refractivity contribution is 5.55. The van der Waals surface area contributed by atoms with Crippen LogP contribution in [-0.4, -0.2) is 26.4 Å². The number of nitrogens with zero attached hydrogens (tertiary/aromatic N) is 4. The van der Waals surface area contributed by atoms with Crippen molar-refractivity contribution in [2.75, 3.05) is 0 Å². The summed E-state index contributed by atoms with van der Waals surface area (Å²) in [7, 11) is 0. The van der Waals surface area contributed by atoms with Crippen molar-refractivity contribution in [3.63, 3.8) is 0 Å². The van der Waals surface area contributed by atoms with Crippen LogP contribution < -0.4 is 5.32 Å². The van der Waals surface area contributed by atoms with Gasteiger partial charge in [-0.15, -0.1) is 20.4 Å². The Morgan fingerprint density at radius 2 is 2.00 bits per heavy atom. The van der Waals surface area contributed by atoms with E-state index in [4.69, 9.17) is 0 Å². The first kappa shape index (κ1) is 14.0. The van der Waals surface area contributed by atoms with E-state index in [9.17, 15) is 4.39 Å². The van der Waals surface area contributed by atoms with Crippen molar-refractivity contribution in [2.45, 2.75) is 38.8 Å². The van der Waals surface area contributed by atoms with Crippen molar-refractivity contribution >= 4 is 0 Å². The molecule has 0 spiro atoms. The van der Waals surface area contributed by atoms with Gasteiger partial charge >= 0.3 is 0 Å². The zero-order chi connectivity index (χ0) is 14.7. The minimum absolute atomic E-state index is 0.298. The molecule has 0 saturated heterocycles. The molecule has 1 unspecified atom stereocenters. The van der Waals surface area contributed by atoms with E-state index >= 15 is 0 Å². The van der Waals surface area contributed by atoms with E-state index in [-0.39, 0.29) is 5.82 Å². The lowest BCUT2D eigenvalue weighted by molar-refractivity contribution is 0.240. The van der Waals surface area contributed by atoms with Crippen LogP contribution in [-0.2, 0) is 6.54 Å². The van der Waals surface area contributed by atoms with Gasteiger partial charge < -0.3 is 5.32 Å². The van der Waals surface area contributed by atoms with E-state index in [0.717, 1.165) is 11.5 Å². The number of benzene rings is 1. The predicted octanol–water partition coefficient (Wildman–Crippen LogP) is 2.35. The molecule has 1 aliphatic carbocycles. The summed E-state index contributed by atoms with van der Waals surface area (Å²) in [5.74, 6) is 0.794. The average Bonchev–Trinajstić information content (AvgIpc) is 2.44. The fourth-order valence-electron chi connectivity index (χ4n) is 2.59.